The summed E-state index contributed by atoms with van der Waals surface area (Å²) in [5, 5.41) is 4.36. The second kappa shape index (κ2) is 7.50. The minimum absolute atomic E-state index is 0.0757. The molecule has 0 bridgehead atoms. The van der Waals surface area contributed by atoms with Crippen molar-refractivity contribution in [2.75, 3.05) is 13.1 Å². The predicted octanol–water partition coefficient (Wildman–Crippen LogP) is 3.37. The third-order valence-corrected chi connectivity index (χ3v) is 5.45. The molecule has 2 aromatic heterocycles. The summed E-state index contributed by atoms with van der Waals surface area (Å²) < 4.78 is 12.0. The van der Waals surface area contributed by atoms with Gasteiger partial charge in [-0.3, -0.25) is 4.79 Å². The molecule has 4 rings (SSSR count). The minimum Gasteiger partial charge on any atom is -0.469 e. The fraction of sp³-hybridized carbons (Fsp3) is 0.381. The van der Waals surface area contributed by atoms with Gasteiger partial charge in [-0.05, 0) is 38.3 Å². The Bertz CT molecular complexity index is 1010. The zero-order valence-electron chi connectivity index (χ0n) is 16.0. The van der Waals surface area contributed by atoms with E-state index >= 15 is 0 Å². The van der Waals surface area contributed by atoms with E-state index in [1.165, 1.54) is 4.68 Å². The molecule has 0 unspecified atom stereocenters. The Morgan fingerprint density at radius 1 is 1.18 bits per heavy atom. The first-order valence-electron chi connectivity index (χ1n) is 9.52. The number of carbonyl (C=O) groups excluding carboxylic acids is 1. The highest BCUT2D eigenvalue weighted by Gasteiger charge is 2.29. The molecule has 1 atom stereocenters. The summed E-state index contributed by atoms with van der Waals surface area (Å²) in [5.74, 6) is 0.393. The van der Waals surface area contributed by atoms with E-state index < -0.39 is 5.76 Å². The number of amides is 1. The van der Waals surface area contributed by atoms with Crippen LogP contribution < -0.4 is 5.76 Å². The van der Waals surface area contributed by atoms with Crippen molar-refractivity contribution in [2.45, 2.75) is 38.6 Å². The monoisotopic (exact) mass is 381 g/mol. The molecule has 7 nitrogen and oxygen atoms in total. The van der Waals surface area contributed by atoms with Gasteiger partial charge >= 0.3 is 5.76 Å². The highest BCUT2D eigenvalue weighted by molar-refractivity contribution is 5.83. The van der Waals surface area contributed by atoms with Gasteiger partial charge < -0.3 is 13.7 Å². The Morgan fingerprint density at radius 3 is 2.54 bits per heavy atom. The highest BCUT2D eigenvalue weighted by atomic mass is 16.4. The number of furan rings is 1. The molecule has 1 fully saturated rings. The summed E-state index contributed by atoms with van der Waals surface area (Å²) in [6, 6.07) is 11.4. The van der Waals surface area contributed by atoms with Crippen molar-refractivity contribution in [2.24, 2.45) is 0 Å². The van der Waals surface area contributed by atoms with Crippen LogP contribution in [0.5, 0.6) is 0 Å². The van der Waals surface area contributed by atoms with Crippen LogP contribution in [0, 0.1) is 6.92 Å². The van der Waals surface area contributed by atoms with Crippen LogP contribution in [-0.4, -0.2) is 33.7 Å². The largest absolute Gasteiger partial charge is 0.469 e. The molecule has 1 amide bonds. The lowest BCUT2D eigenvalue weighted by molar-refractivity contribution is -0.133. The maximum atomic E-state index is 12.8. The molecule has 0 saturated carbocycles. The van der Waals surface area contributed by atoms with E-state index in [2.05, 4.69) is 5.10 Å². The number of piperidine rings is 1. The van der Waals surface area contributed by atoms with E-state index in [-0.39, 0.29) is 23.8 Å². The van der Waals surface area contributed by atoms with Gasteiger partial charge in [0.25, 0.3) is 5.89 Å². The van der Waals surface area contributed by atoms with Crippen LogP contribution in [0.2, 0.25) is 0 Å². The number of benzene rings is 1. The van der Waals surface area contributed by atoms with Crippen LogP contribution in [-0.2, 0) is 4.79 Å². The zero-order valence-corrected chi connectivity index (χ0v) is 16.0. The summed E-state index contributed by atoms with van der Waals surface area (Å²) >= 11 is 0. The Balaban J connectivity index is 1.43. The van der Waals surface area contributed by atoms with Gasteiger partial charge in [-0.2, -0.15) is 4.68 Å². The molecule has 3 aromatic rings. The summed E-state index contributed by atoms with van der Waals surface area (Å²) in [4.78, 5) is 27.0. The lowest BCUT2D eigenvalue weighted by Crippen LogP contribution is -2.42. The van der Waals surface area contributed by atoms with Gasteiger partial charge in [-0.25, -0.2) is 4.79 Å². The van der Waals surface area contributed by atoms with Gasteiger partial charge in [-0.15, -0.1) is 5.10 Å². The van der Waals surface area contributed by atoms with Gasteiger partial charge in [0.15, 0.2) is 0 Å². The van der Waals surface area contributed by atoms with E-state index in [1.807, 2.05) is 42.2 Å². The molecule has 1 saturated heterocycles. The topological polar surface area (TPSA) is 81.5 Å². The maximum Gasteiger partial charge on any atom is 0.437 e. The first-order valence-corrected chi connectivity index (χ1v) is 9.52. The second-order valence-electron chi connectivity index (χ2n) is 7.20. The van der Waals surface area contributed by atoms with E-state index in [9.17, 15) is 9.59 Å². The first-order chi connectivity index (χ1) is 13.5. The number of nitrogens with zero attached hydrogens (tertiary/aromatic N) is 3. The van der Waals surface area contributed by atoms with E-state index in [1.54, 1.807) is 19.3 Å². The van der Waals surface area contributed by atoms with Gasteiger partial charge in [0.1, 0.15) is 5.76 Å². The number of hydrogen-bond acceptors (Lipinski definition) is 5. The van der Waals surface area contributed by atoms with Crippen molar-refractivity contribution >= 4 is 5.91 Å². The van der Waals surface area contributed by atoms with Gasteiger partial charge in [0, 0.05) is 13.1 Å². The van der Waals surface area contributed by atoms with E-state index in [4.69, 9.17) is 8.83 Å². The third-order valence-electron chi connectivity index (χ3n) is 5.45. The molecule has 1 aliphatic rings. The van der Waals surface area contributed by atoms with E-state index in [0.717, 1.165) is 5.56 Å². The average molecular weight is 381 g/mol. The summed E-state index contributed by atoms with van der Waals surface area (Å²) in [6.07, 6.45) is 2.88. The smallest absolute Gasteiger partial charge is 0.437 e. The molecule has 1 aliphatic heterocycles. The molecular formula is C21H23N3O4. The van der Waals surface area contributed by atoms with Crippen molar-refractivity contribution < 1.29 is 13.6 Å². The predicted molar refractivity (Wildman–Crippen MR) is 103 cm³/mol. The molecular weight excluding hydrogens is 358 g/mol. The molecule has 0 radical (unpaired) electrons. The van der Waals surface area contributed by atoms with Crippen molar-refractivity contribution in [3.8, 4) is 11.5 Å². The van der Waals surface area contributed by atoms with Gasteiger partial charge in [0.2, 0.25) is 5.91 Å². The Hall–Kier alpha value is -3.09. The van der Waals surface area contributed by atoms with Crippen molar-refractivity contribution in [1.29, 1.82) is 0 Å². The van der Waals surface area contributed by atoms with Crippen molar-refractivity contribution in [3.63, 3.8) is 0 Å². The number of rotatable bonds is 4. The third kappa shape index (κ3) is 3.40. The first kappa shape index (κ1) is 18.3. The van der Waals surface area contributed by atoms with Crippen molar-refractivity contribution in [3.05, 3.63) is 64.5 Å². The fourth-order valence-electron chi connectivity index (χ4n) is 3.72. The quantitative estimate of drug-likeness (QED) is 0.692. The molecule has 146 valence electrons. The molecule has 0 aliphatic carbocycles. The average Bonchev–Trinajstić information content (AvgIpc) is 3.33. The Labute approximate surface area is 162 Å². The molecule has 0 spiro atoms. The Kier molecular flexibility index (Phi) is 4.90. The minimum atomic E-state index is -0.474. The summed E-state index contributed by atoms with van der Waals surface area (Å²) in [7, 11) is 0. The van der Waals surface area contributed by atoms with Crippen LogP contribution in [0.25, 0.3) is 11.5 Å². The van der Waals surface area contributed by atoms with Crippen LogP contribution in [0.4, 0.5) is 0 Å². The maximum absolute atomic E-state index is 12.8. The molecule has 3 heterocycles. The molecule has 28 heavy (non-hydrogen) atoms. The fourth-order valence-corrected chi connectivity index (χ4v) is 3.72. The summed E-state index contributed by atoms with van der Waals surface area (Å²) in [5.41, 5.74) is 1.70. The summed E-state index contributed by atoms with van der Waals surface area (Å²) in [6.45, 7) is 4.93. The number of aryl methyl sites for hydroxylation is 1. The normalized spacial score (nSPS) is 16.3. The van der Waals surface area contributed by atoms with Crippen LogP contribution >= 0.6 is 0 Å². The molecule has 1 aromatic carbocycles. The molecule has 7 heteroatoms. The van der Waals surface area contributed by atoms with Crippen LogP contribution in [0.3, 0.4) is 0 Å². The number of hydrogen-bond donors (Lipinski definition) is 0. The van der Waals surface area contributed by atoms with E-state index in [0.29, 0.717) is 37.3 Å². The van der Waals surface area contributed by atoms with Gasteiger partial charge in [0.05, 0.1) is 23.8 Å². The Morgan fingerprint density at radius 2 is 1.89 bits per heavy atom. The lowest BCUT2D eigenvalue weighted by atomic mass is 9.97. The number of likely N-dealkylation sites (tertiary alicyclic amines) is 1. The van der Waals surface area contributed by atoms with Crippen LogP contribution in [0.15, 0.2) is 56.3 Å². The number of aromatic nitrogens is 2. The standard InChI is InChI=1S/C21H23N3O4/c1-14(16-6-4-3-5-7-16)20(25)23-11-8-17(9-12-23)24-21(26)28-19(22-24)18-10-13-27-15(18)2/h3-7,10,13-14,17H,8-9,11-12H2,1-2H3/t14-/m1/s1. The van der Waals surface area contributed by atoms with Crippen LogP contribution in [0.1, 0.15) is 43.0 Å². The lowest BCUT2D eigenvalue weighted by Gasteiger charge is -2.33. The van der Waals surface area contributed by atoms with Gasteiger partial charge in [-0.1, -0.05) is 30.3 Å². The molecule has 0 N–H and O–H groups in total. The number of carbonyl (C=O) groups is 1. The SMILES string of the molecule is Cc1occc1-c1nn(C2CCN(C(=O)[C@H](C)c3ccccc3)CC2)c(=O)o1. The van der Waals surface area contributed by atoms with Crippen molar-refractivity contribution in [1.82, 2.24) is 14.7 Å². The second-order valence-corrected chi connectivity index (χ2v) is 7.20. The highest BCUT2D eigenvalue weighted by Crippen LogP contribution is 2.27. The zero-order chi connectivity index (χ0) is 19.7.